The number of carbonyl (C=O) groups excluding carboxylic acids is 1. The minimum absolute atomic E-state index is 0.354. The van der Waals surface area contributed by atoms with Gasteiger partial charge in [0.15, 0.2) is 0 Å². The second kappa shape index (κ2) is 4.41. The zero-order chi connectivity index (χ0) is 11.8. The highest BCUT2D eigenvalue weighted by atomic mass is 32.1. The van der Waals surface area contributed by atoms with E-state index in [0.29, 0.717) is 17.7 Å². The molecule has 1 saturated heterocycles. The van der Waals surface area contributed by atoms with Gasteiger partial charge in [0.05, 0.1) is 5.01 Å². The molecule has 0 spiro atoms. The molecule has 0 bridgehead atoms. The summed E-state index contributed by atoms with van der Waals surface area (Å²) in [5, 5.41) is 3.33. The number of aromatic nitrogens is 1. The standard InChI is InChI=1S/C13H18N2OS/c1-9-8-17-12(14-9)11-3-2-6-15(7-11)13(16)10-4-5-10/h8,10-11H,2-7H2,1H3. The third-order valence-electron chi connectivity index (χ3n) is 3.65. The Morgan fingerprint density at radius 1 is 1.47 bits per heavy atom. The summed E-state index contributed by atoms with van der Waals surface area (Å²) >= 11 is 1.74. The first-order chi connectivity index (χ1) is 8.24. The summed E-state index contributed by atoms with van der Waals surface area (Å²) in [4.78, 5) is 18.7. The maximum atomic E-state index is 12.1. The van der Waals surface area contributed by atoms with E-state index >= 15 is 0 Å². The molecule has 1 aliphatic carbocycles. The van der Waals surface area contributed by atoms with Gasteiger partial charge in [-0.25, -0.2) is 4.98 Å². The molecule has 4 heteroatoms. The molecule has 1 unspecified atom stereocenters. The van der Waals surface area contributed by atoms with Crippen LogP contribution in [-0.4, -0.2) is 28.9 Å². The molecule has 0 radical (unpaired) electrons. The largest absolute Gasteiger partial charge is 0.342 e. The minimum atomic E-state index is 0.354. The highest BCUT2D eigenvalue weighted by Crippen LogP contribution is 2.35. The Hall–Kier alpha value is -0.900. The number of hydrogen-bond donors (Lipinski definition) is 0. The normalized spacial score (nSPS) is 25.0. The molecule has 3 nitrogen and oxygen atoms in total. The van der Waals surface area contributed by atoms with E-state index < -0.39 is 0 Å². The predicted octanol–water partition coefficient (Wildman–Crippen LogP) is 2.57. The first-order valence-corrected chi connectivity index (χ1v) is 7.33. The molecule has 17 heavy (non-hydrogen) atoms. The summed E-state index contributed by atoms with van der Waals surface area (Å²) in [7, 11) is 0. The summed E-state index contributed by atoms with van der Waals surface area (Å²) in [5.41, 5.74) is 1.11. The van der Waals surface area contributed by atoms with Crippen molar-refractivity contribution in [3.05, 3.63) is 16.1 Å². The third kappa shape index (κ3) is 2.37. The van der Waals surface area contributed by atoms with E-state index in [1.165, 1.54) is 11.4 Å². The number of hydrogen-bond acceptors (Lipinski definition) is 3. The minimum Gasteiger partial charge on any atom is -0.342 e. The van der Waals surface area contributed by atoms with Crippen LogP contribution in [0, 0.1) is 12.8 Å². The van der Waals surface area contributed by atoms with Crippen LogP contribution in [0.15, 0.2) is 5.38 Å². The molecule has 2 heterocycles. The Bertz CT molecular complexity index is 425. The van der Waals surface area contributed by atoms with Crippen molar-refractivity contribution in [1.82, 2.24) is 9.88 Å². The fourth-order valence-electron chi connectivity index (χ4n) is 2.53. The number of thiazole rings is 1. The molecule has 1 aliphatic heterocycles. The molecule has 1 aromatic rings. The number of aryl methyl sites for hydroxylation is 1. The van der Waals surface area contributed by atoms with Crippen LogP contribution in [-0.2, 0) is 4.79 Å². The molecule has 0 aromatic carbocycles. The molecule has 1 aromatic heterocycles. The van der Waals surface area contributed by atoms with Gasteiger partial charge in [0.2, 0.25) is 5.91 Å². The van der Waals surface area contributed by atoms with E-state index in [-0.39, 0.29) is 0 Å². The lowest BCUT2D eigenvalue weighted by atomic mass is 9.98. The lowest BCUT2D eigenvalue weighted by Gasteiger charge is -2.32. The van der Waals surface area contributed by atoms with Crippen LogP contribution >= 0.6 is 11.3 Å². The quantitative estimate of drug-likeness (QED) is 0.808. The van der Waals surface area contributed by atoms with Gasteiger partial charge in [0.25, 0.3) is 0 Å². The van der Waals surface area contributed by atoms with Crippen LogP contribution in [0.1, 0.15) is 42.3 Å². The van der Waals surface area contributed by atoms with Crippen molar-refractivity contribution in [3.63, 3.8) is 0 Å². The summed E-state index contributed by atoms with van der Waals surface area (Å²) < 4.78 is 0. The number of rotatable bonds is 2. The van der Waals surface area contributed by atoms with Crippen LogP contribution in [0.4, 0.5) is 0 Å². The number of carbonyl (C=O) groups is 1. The first kappa shape index (κ1) is 11.2. The molecule has 2 fully saturated rings. The number of nitrogens with zero attached hydrogens (tertiary/aromatic N) is 2. The van der Waals surface area contributed by atoms with Gasteiger partial charge in [-0.3, -0.25) is 4.79 Å². The van der Waals surface area contributed by atoms with Crippen LogP contribution in [0.3, 0.4) is 0 Å². The first-order valence-electron chi connectivity index (χ1n) is 6.45. The average molecular weight is 250 g/mol. The van der Waals surface area contributed by atoms with Crippen molar-refractivity contribution in [3.8, 4) is 0 Å². The van der Waals surface area contributed by atoms with Gasteiger partial charge >= 0.3 is 0 Å². The predicted molar refractivity (Wildman–Crippen MR) is 68.1 cm³/mol. The Kier molecular flexibility index (Phi) is 2.90. The van der Waals surface area contributed by atoms with E-state index in [4.69, 9.17) is 0 Å². The third-order valence-corrected chi connectivity index (χ3v) is 4.77. The van der Waals surface area contributed by atoms with Crippen molar-refractivity contribution >= 4 is 17.2 Å². The molecule has 0 N–H and O–H groups in total. The van der Waals surface area contributed by atoms with Crippen molar-refractivity contribution in [2.75, 3.05) is 13.1 Å². The Morgan fingerprint density at radius 2 is 2.29 bits per heavy atom. The second-order valence-corrected chi connectivity index (χ2v) is 6.11. The van der Waals surface area contributed by atoms with Crippen molar-refractivity contribution < 1.29 is 4.79 Å². The Balaban J connectivity index is 1.68. The van der Waals surface area contributed by atoms with E-state index in [2.05, 4.69) is 15.3 Å². The van der Waals surface area contributed by atoms with Crippen LogP contribution in [0.25, 0.3) is 0 Å². The molecule has 1 saturated carbocycles. The molecular weight excluding hydrogens is 232 g/mol. The number of likely N-dealkylation sites (tertiary alicyclic amines) is 1. The van der Waals surface area contributed by atoms with Gasteiger partial charge in [-0.2, -0.15) is 0 Å². The van der Waals surface area contributed by atoms with Crippen LogP contribution in [0.2, 0.25) is 0 Å². The zero-order valence-electron chi connectivity index (χ0n) is 10.2. The molecule has 1 amide bonds. The fraction of sp³-hybridized carbons (Fsp3) is 0.692. The van der Waals surface area contributed by atoms with Gasteiger partial charge in [-0.15, -0.1) is 11.3 Å². The van der Waals surface area contributed by atoms with E-state index in [9.17, 15) is 4.79 Å². The van der Waals surface area contributed by atoms with Crippen molar-refractivity contribution in [2.24, 2.45) is 5.92 Å². The molecule has 92 valence electrons. The lowest BCUT2D eigenvalue weighted by molar-refractivity contribution is -0.133. The SMILES string of the molecule is Cc1csc(C2CCCN(C(=O)C3CC3)C2)n1. The van der Waals surface area contributed by atoms with E-state index in [0.717, 1.165) is 38.0 Å². The maximum absolute atomic E-state index is 12.1. The van der Waals surface area contributed by atoms with Crippen molar-refractivity contribution in [2.45, 2.75) is 38.5 Å². The molecular formula is C13H18N2OS. The topological polar surface area (TPSA) is 33.2 Å². The van der Waals surface area contributed by atoms with Gasteiger partial charge < -0.3 is 4.90 Å². The van der Waals surface area contributed by atoms with Crippen LogP contribution in [0.5, 0.6) is 0 Å². The molecule has 1 atom stereocenters. The Labute approximate surface area is 106 Å². The van der Waals surface area contributed by atoms with Gasteiger partial charge in [-0.1, -0.05) is 0 Å². The number of amides is 1. The number of piperidine rings is 1. The highest BCUT2D eigenvalue weighted by molar-refractivity contribution is 7.09. The van der Waals surface area contributed by atoms with Crippen molar-refractivity contribution in [1.29, 1.82) is 0 Å². The van der Waals surface area contributed by atoms with Gasteiger partial charge in [0, 0.05) is 36.0 Å². The zero-order valence-corrected chi connectivity index (χ0v) is 11.0. The summed E-state index contributed by atoms with van der Waals surface area (Å²) in [5.74, 6) is 1.22. The smallest absolute Gasteiger partial charge is 0.225 e. The highest BCUT2D eigenvalue weighted by Gasteiger charge is 2.35. The van der Waals surface area contributed by atoms with Gasteiger partial charge in [0.1, 0.15) is 0 Å². The van der Waals surface area contributed by atoms with Crippen LogP contribution < -0.4 is 0 Å². The van der Waals surface area contributed by atoms with E-state index in [1.54, 1.807) is 11.3 Å². The summed E-state index contributed by atoms with van der Waals surface area (Å²) in [6.45, 7) is 3.88. The van der Waals surface area contributed by atoms with E-state index in [1.807, 2.05) is 6.92 Å². The maximum Gasteiger partial charge on any atom is 0.225 e. The molecule has 3 rings (SSSR count). The molecule has 2 aliphatic rings. The fourth-order valence-corrected chi connectivity index (χ4v) is 3.45. The summed E-state index contributed by atoms with van der Waals surface area (Å²) in [6, 6.07) is 0. The average Bonchev–Trinajstić information content (AvgIpc) is 3.11. The van der Waals surface area contributed by atoms with Gasteiger partial charge in [-0.05, 0) is 32.6 Å². The second-order valence-electron chi connectivity index (χ2n) is 5.22. The Morgan fingerprint density at radius 3 is 2.94 bits per heavy atom. The monoisotopic (exact) mass is 250 g/mol. The lowest BCUT2D eigenvalue weighted by Crippen LogP contribution is -2.39. The summed E-state index contributed by atoms with van der Waals surface area (Å²) in [6.07, 6.45) is 4.52.